The van der Waals surface area contributed by atoms with Crippen LogP contribution in [0, 0.1) is 0 Å². The van der Waals surface area contributed by atoms with Crippen molar-refractivity contribution in [3.63, 3.8) is 0 Å². The van der Waals surface area contributed by atoms with Crippen LogP contribution in [0.3, 0.4) is 0 Å². The molecule has 0 aliphatic carbocycles. The van der Waals surface area contributed by atoms with E-state index in [9.17, 15) is 9.59 Å². The van der Waals surface area contributed by atoms with E-state index in [1.807, 2.05) is 25.1 Å². The number of amides is 1. The third-order valence-electron chi connectivity index (χ3n) is 3.33. The Labute approximate surface area is 155 Å². The van der Waals surface area contributed by atoms with E-state index in [-0.39, 0.29) is 18.5 Å². The van der Waals surface area contributed by atoms with Gasteiger partial charge < -0.3 is 14.8 Å². The molecule has 0 aliphatic rings. The Morgan fingerprint density at radius 2 is 1.80 bits per heavy atom. The van der Waals surface area contributed by atoms with Crippen molar-refractivity contribution in [2.75, 3.05) is 18.5 Å². The Morgan fingerprint density at radius 1 is 1.08 bits per heavy atom. The predicted molar refractivity (Wildman–Crippen MR) is 99.9 cm³/mol. The van der Waals surface area contributed by atoms with Crippen LogP contribution in [0.4, 0.5) is 5.69 Å². The molecule has 2 aromatic rings. The fourth-order valence-corrected chi connectivity index (χ4v) is 2.38. The molecule has 2 aromatic carbocycles. The van der Waals surface area contributed by atoms with Crippen molar-refractivity contribution in [1.82, 2.24) is 0 Å². The van der Waals surface area contributed by atoms with Crippen LogP contribution in [0.2, 0.25) is 0 Å². The number of ether oxygens (including phenoxy) is 2. The number of rotatable bonds is 8. The molecule has 5 nitrogen and oxygen atoms in total. The highest BCUT2D eigenvalue weighted by atomic mass is 79.9. The molecule has 0 fully saturated rings. The first kappa shape index (κ1) is 19.0. The first-order valence-electron chi connectivity index (χ1n) is 8.04. The summed E-state index contributed by atoms with van der Waals surface area (Å²) in [6.45, 7) is 2.34. The van der Waals surface area contributed by atoms with E-state index in [2.05, 4.69) is 21.2 Å². The van der Waals surface area contributed by atoms with Crippen molar-refractivity contribution >= 4 is 33.5 Å². The summed E-state index contributed by atoms with van der Waals surface area (Å²) in [5, 5.41) is 2.72. The quantitative estimate of drug-likeness (QED) is 0.521. The van der Waals surface area contributed by atoms with E-state index in [1.165, 1.54) is 0 Å². The predicted octanol–water partition coefficient (Wildman–Crippen LogP) is 4.42. The van der Waals surface area contributed by atoms with Crippen LogP contribution in [-0.2, 0) is 9.53 Å². The first-order valence-corrected chi connectivity index (χ1v) is 8.84. The maximum atomic E-state index is 11.9. The molecule has 132 valence electrons. The zero-order chi connectivity index (χ0) is 18.1. The third kappa shape index (κ3) is 6.23. The Kier molecular flexibility index (Phi) is 7.47. The molecule has 0 saturated carbocycles. The Bertz CT molecular complexity index is 716. The summed E-state index contributed by atoms with van der Waals surface area (Å²) in [4.78, 5) is 23.8. The van der Waals surface area contributed by atoms with Gasteiger partial charge in [0.25, 0.3) is 5.91 Å². The lowest BCUT2D eigenvalue weighted by Gasteiger charge is -2.09. The number of nitrogens with one attached hydrogen (secondary N) is 1. The van der Waals surface area contributed by atoms with Crippen LogP contribution >= 0.6 is 15.9 Å². The number of carbonyl (C=O) groups excluding carboxylic acids is 2. The molecule has 0 heterocycles. The van der Waals surface area contributed by atoms with Crippen LogP contribution in [-0.4, -0.2) is 25.1 Å². The van der Waals surface area contributed by atoms with Gasteiger partial charge in [-0.2, -0.15) is 0 Å². The molecular formula is C19H20BrNO4. The molecule has 0 bridgehead atoms. The number of unbranched alkanes of at least 4 members (excludes halogenated alkanes) is 1. The third-order valence-corrected chi connectivity index (χ3v) is 3.99. The molecule has 0 radical (unpaired) electrons. The summed E-state index contributed by atoms with van der Waals surface area (Å²) in [5.41, 5.74) is 1.05. The maximum Gasteiger partial charge on any atom is 0.338 e. The molecule has 0 atom stereocenters. The molecule has 0 spiro atoms. The molecular weight excluding hydrogens is 386 g/mol. The lowest BCUT2D eigenvalue weighted by molar-refractivity contribution is -0.118. The Morgan fingerprint density at radius 3 is 2.48 bits per heavy atom. The van der Waals surface area contributed by atoms with Crippen molar-refractivity contribution in [3.05, 3.63) is 58.6 Å². The van der Waals surface area contributed by atoms with Crippen molar-refractivity contribution in [2.45, 2.75) is 19.8 Å². The van der Waals surface area contributed by atoms with Gasteiger partial charge in [-0.15, -0.1) is 0 Å². The number of esters is 1. The maximum absolute atomic E-state index is 11.9. The van der Waals surface area contributed by atoms with Crippen molar-refractivity contribution in [2.24, 2.45) is 0 Å². The van der Waals surface area contributed by atoms with E-state index in [0.717, 1.165) is 17.3 Å². The summed E-state index contributed by atoms with van der Waals surface area (Å²) >= 11 is 3.36. The van der Waals surface area contributed by atoms with E-state index in [0.29, 0.717) is 23.6 Å². The minimum Gasteiger partial charge on any atom is -0.483 e. The Hall–Kier alpha value is -2.34. The smallest absolute Gasteiger partial charge is 0.338 e. The van der Waals surface area contributed by atoms with Gasteiger partial charge in [0.1, 0.15) is 5.75 Å². The fraction of sp³-hybridized carbons (Fsp3) is 0.263. The van der Waals surface area contributed by atoms with Crippen molar-refractivity contribution < 1.29 is 19.1 Å². The molecule has 0 unspecified atom stereocenters. The number of hydrogen-bond acceptors (Lipinski definition) is 4. The highest BCUT2D eigenvalue weighted by molar-refractivity contribution is 9.10. The number of benzene rings is 2. The number of anilines is 1. The topological polar surface area (TPSA) is 64.6 Å². The van der Waals surface area contributed by atoms with Gasteiger partial charge in [-0.25, -0.2) is 4.79 Å². The number of halogens is 1. The molecule has 1 N–H and O–H groups in total. The molecule has 0 saturated heterocycles. The van der Waals surface area contributed by atoms with E-state index in [1.54, 1.807) is 30.3 Å². The minimum atomic E-state index is -0.358. The molecule has 2 rings (SSSR count). The largest absolute Gasteiger partial charge is 0.483 e. The second-order valence-electron chi connectivity index (χ2n) is 5.33. The van der Waals surface area contributed by atoms with Crippen molar-refractivity contribution in [1.29, 1.82) is 0 Å². The molecule has 0 aromatic heterocycles. The average Bonchev–Trinajstić information content (AvgIpc) is 2.62. The van der Waals surface area contributed by atoms with E-state index < -0.39 is 0 Å². The summed E-state index contributed by atoms with van der Waals surface area (Å²) in [7, 11) is 0. The van der Waals surface area contributed by atoms with Crippen LogP contribution in [0.1, 0.15) is 30.1 Å². The zero-order valence-electron chi connectivity index (χ0n) is 14.0. The summed E-state index contributed by atoms with van der Waals surface area (Å²) in [6.07, 6.45) is 1.82. The van der Waals surface area contributed by atoms with Gasteiger partial charge in [-0.3, -0.25) is 4.79 Å². The second kappa shape index (κ2) is 9.84. The van der Waals surface area contributed by atoms with Gasteiger partial charge in [-0.05, 0) is 58.7 Å². The fourth-order valence-electron chi connectivity index (χ4n) is 1.98. The summed E-state index contributed by atoms with van der Waals surface area (Å²) in [5.74, 6) is -0.0413. The average molecular weight is 406 g/mol. The van der Waals surface area contributed by atoms with E-state index >= 15 is 0 Å². The second-order valence-corrected chi connectivity index (χ2v) is 6.19. The van der Waals surface area contributed by atoms with Crippen LogP contribution in [0.15, 0.2) is 53.0 Å². The van der Waals surface area contributed by atoms with Gasteiger partial charge in [-0.1, -0.05) is 25.5 Å². The monoisotopic (exact) mass is 405 g/mol. The standard InChI is InChI=1S/C19H20BrNO4/c1-2-3-12-24-19(23)14-8-10-15(11-9-14)21-18(22)13-25-17-7-5-4-6-16(17)20/h4-11H,2-3,12-13H2,1H3,(H,21,22). The molecule has 6 heteroatoms. The number of carbonyl (C=O) groups is 2. The van der Waals surface area contributed by atoms with Gasteiger partial charge in [0.05, 0.1) is 16.6 Å². The first-order chi connectivity index (χ1) is 12.1. The summed E-state index contributed by atoms with van der Waals surface area (Å²) in [6, 6.07) is 13.9. The SMILES string of the molecule is CCCCOC(=O)c1ccc(NC(=O)COc2ccccc2Br)cc1. The van der Waals surface area contributed by atoms with Gasteiger partial charge in [0.2, 0.25) is 0 Å². The van der Waals surface area contributed by atoms with Gasteiger partial charge >= 0.3 is 5.97 Å². The van der Waals surface area contributed by atoms with Crippen LogP contribution in [0.25, 0.3) is 0 Å². The van der Waals surface area contributed by atoms with Crippen LogP contribution in [0.5, 0.6) is 5.75 Å². The van der Waals surface area contributed by atoms with Crippen LogP contribution < -0.4 is 10.1 Å². The van der Waals surface area contributed by atoms with Crippen molar-refractivity contribution in [3.8, 4) is 5.75 Å². The van der Waals surface area contributed by atoms with Gasteiger partial charge in [0.15, 0.2) is 6.61 Å². The van der Waals surface area contributed by atoms with E-state index in [4.69, 9.17) is 9.47 Å². The molecule has 1 amide bonds. The number of hydrogen-bond donors (Lipinski definition) is 1. The zero-order valence-corrected chi connectivity index (χ0v) is 15.5. The highest BCUT2D eigenvalue weighted by Gasteiger charge is 2.09. The summed E-state index contributed by atoms with van der Waals surface area (Å²) < 4.78 is 11.4. The normalized spacial score (nSPS) is 10.2. The Balaban J connectivity index is 1.83. The lowest BCUT2D eigenvalue weighted by Crippen LogP contribution is -2.20. The number of para-hydroxylation sites is 1. The molecule has 25 heavy (non-hydrogen) atoms. The molecule has 0 aliphatic heterocycles. The lowest BCUT2D eigenvalue weighted by atomic mass is 10.2. The van der Waals surface area contributed by atoms with Gasteiger partial charge in [0, 0.05) is 5.69 Å². The highest BCUT2D eigenvalue weighted by Crippen LogP contribution is 2.23. The minimum absolute atomic E-state index is 0.108.